The molecule has 204 valence electrons. The number of fused-ring (bicyclic) bond motifs is 3. The summed E-state index contributed by atoms with van der Waals surface area (Å²) in [5.74, 6) is -0.552. The molecule has 0 aliphatic rings. The maximum absolute atomic E-state index is 12.0. The Labute approximate surface area is 237 Å². The molecule has 7 heteroatoms. The molecule has 5 aromatic rings. The molecule has 2 N–H and O–H groups in total. The number of amides is 1. The van der Waals surface area contributed by atoms with E-state index in [9.17, 15) is 14.7 Å². The van der Waals surface area contributed by atoms with Crippen LogP contribution >= 0.6 is 11.8 Å². The molecule has 6 nitrogen and oxygen atoms in total. The third kappa shape index (κ3) is 6.32. The van der Waals surface area contributed by atoms with Crippen molar-refractivity contribution in [1.29, 1.82) is 0 Å². The highest BCUT2D eigenvalue weighted by Crippen LogP contribution is 2.37. The van der Waals surface area contributed by atoms with Crippen molar-refractivity contribution in [3.63, 3.8) is 0 Å². The van der Waals surface area contributed by atoms with Gasteiger partial charge in [0, 0.05) is 27.0 Å². The van der Waals surface area contributed by atoms with Crippen LogP contribution < -0.4 is 5.32 Å². The van der Waals surface area contributed by atoms with E-state index in [1.165, 1.54) is 0 Å². The highest BCUT2D eigenvalue weighted by molar-refractivity contribution is 7.99. The van der Waals surface area contributed by atoms with Crippen molar-refractivity contribution < 1.29 is 23.8 Å². The summed E-state index contributed by atoms with van der Waals surface area (Å²) >= 11 is 1.55. The number of hydrogen-bond donors (Lipinski definition) is 2. The number of alkyl carbamates (subject to hydrolysis) is 1. The number of hydrogen-bond acceptors (Lipinski definition) is 5. The van der Waals surface area contributed by atoms with Crippen LogP contribution in [-0.4, -0.2) is 34.6 Å². The van der Waals surface area contributed by atoms with Crippen LogP contribution in [0, 0.1) is 0 Å². The second kappa shape index (κ2) is 11.5. The number of carboxylic acid groups (broad SMARTS) is 1. The number of para-hydroxylation sites is 2. The van der Waals surface area contributed by atoms with Crippen molar-refractivity contribution in [2.45, 2.75) is 43.7 Å². The van der Waals surface area contributed by atoms with Crippen molar-refractivity contribution in [2.75, 3.05) is 5.75 Å². The molecule has 1 heterocycles. The predicted octanol–water partition coefficient (Wildman–Crippen LogP) is 8.38. The van der Waals surface area contributed by atoms with E-state index >= 15 is 0 Å². The Bertz CT molecular complexity index is 1670. The summed E-state index contributed by atoms with van der Waals surface area (Å²) < 4.78 is 11.4. The number of carboxylic acids is 1. The molecule has 0 aliphatic heterocycles. The number of thioether (sulfide) groups is 1. The van der Waals surface area contributed by atoms with Gasteiger partial charge in [-0.1, -0.05) is 66.7 Å². The molecule has 0 fully saturated rings. The molecule has 0 saturated heterocycles. The number of rotatable bonds is 8. The van der Waals surface area contributed by atoms with Crippen molar-refractivity contribution in [3.05, 3.63) is 91.0 Å². The first-order valence-electron chi connectivity index (χ1n) is 13.1. The summed E-state index contributed by atoms with van der Waals surface area (Å²) in [5, 5.41) is 14.2. The van der Waals surface area contributed by atoms with Crippen molar-refractivity contribution in [3.8, 4) is 22.3 Å². The van der Waals surface area contributed by atoms with E-state index in [1.54, 1.807) is 32.5 Å². The molecule has 0 spiro atoms. The van der Waals surface area contributed by atoms with Crippen LogP contribution in [-0.2, 0) is 9.53 Å². The average molecular weight is 554 g/mol. The van der Waals surface area contributed by atoms with E-state index in [-0.39, 0.29) is 6.42 Å². The molecule has 1 unspecified atom stereocenters. The van der Waals surface area contributed by atoms with E-state index in [4.69, 9.17) is 9.15 Å². The Balaban J connectivity index is 1.27. The minimum atomic E-state index is -1.08. The number of furan rings is 1. The summed E-state index contributed by atoms with van der Waals surface area (Å²) in [6, 6.07) is 29.9. The van der Waals surface area contributed by atoms with E-state index in [1.807, 2.05) is 30.3 Å². The maximum atomic E-state index is 12.0. The fourth-order valence-electron chi connectivity index (χ4n) is 4.59. The third-order valence-electron chi connectivity index (χ3n) is 6.43. The quantitative estimate of drug-likeness (QED) is 0.188. The Morgan fingerprint density at radius 2 is 1.57 bits per heavy atom. The van der Waals surface area contributed by atoms with Gasteiger partial charge < -0.3 is 19.6 Å². The van der Waals surface area contributed by atoms with Gasteiger partial charge in [-0.25, -0.2) is 9.59 Å². The number of ether oxygens (including phenoxy) is 1. The highest BCUT2D eigenvalue weighted by Gasteiger charge is 2.23. The SMILES string of the molecule is CC(C)(C)OC(=O)NC(CCSc1ccc(-c2cccc(-c3cccc4c3oc3ccccc34)c2)cc1)C(=O)O. The molecular formula is C33H31NO5S. The van der Waals surface area contributed by atoms with Crippen LogP contribution in [0.25, 0.3) is 44.2 Å². The first-order chi connectivity index (χ1) is 19.2. The standard InChI is InChI=1S/C33H31NO5S/c1-33(2,3)39-32(37)34-28(31(35)36)18-19-40-24-16-14-21(15-17-24)22-8-6-9-23(20-22)25-11-7-12-27-26-10-4-5-13-29(26)38-30(25)27/h4-17,20,28H,18-19H2,1-3H3,(H,34,37)(H,35,36). The van der Waals surface area contributed by atoms with E-state index in [0.717, 1.165) is 49.1 Å². The second-order valence-electron chi connectivity index (χ2n) is 10.6. The van der Waals surface area contributed by atoms with Crippen molar-refractivity contribution in [1.82, 2.24) is 5.32 Å². The van der Waals surface area contributed by atoms with Gasteiger partial charge in [-0.3, -0.25) is 0 Å². The zero-order valence-corrected chi connectivity index (χ0v) is 23.5. The fraction of sp³-hybridized carbons (Fsp3) is 0.212. The molecule has 1 atom stereocenters. The molecule has 40 heavy (non-hydrogen) atoms. The molecule has 1 aromatic heterocycles. The van der Waals surface area contributed by atoms with Gasteiger partial charge in [-0.05, 0) is 68.1 Å². The zero-order chi connectivity index (χ0) is 28.3. The Kier molecular flexibility index (Phi) is 7.85. The number of aliphatic carboxylic acids is 1. The van der Waals surface area contributed by atoms with Gasteiger partial charge in [0.15, 0.2) is 0 Å². The van der Waals surface area contributed by atoms with E-state index < -0.39 is 23.7 Å². The van der Waals surface area contributed by atoms with Gasteiger partial charge in [0.1, 0.15) is 22.8 Å². The smallest absolute Gasteiger partial charge is 0.408 e. The fourth-order valence-corrected chi connectivity index (χ4v) is 5.50. The number of carbonyl (C=O) groups excluding carboxylic acids is 1. The summed E-state index contributed by atoms with van der Waals surface area (Å²) in [7, 11) is 0. The highest BCUT2D eigenvalue weighted by atomic mass is 32.2. The lowest BCUT2D eigenvalue weighted by Crippen LogP contribution is -2.43. The van der Waals surface area contributed by atoms with Crippen LogP contribution in [0.4, 0.5) is 4.79 Å². The van der Waals surface area contributed by atoms with Crippen LogP contribution in [0.2, 0.25) is 0 Å². The van der Waals surface area contributed by atoms with Crippen LogP contribution in [0.5, 0.6) is 0 Å². The Hall–Kier alpha value is -4.23. The van der Waals surface area contributed by atoms with Gasteiger partial charge in [-0.2, -0.15) is 0 Å². The maximum Gasteiger partial charge on any atom is 0.408 e. The molecule has 0 saturated carbocycles. The normalized spacial score (nSPS) is 12.4. The summed E-state index contributed by atoms with van der Waals surface area (Å²) in [4.78, 5) is 24.6. The van der Waals surface area contributed by atoms with Gasteiger partial charge in [0.05, 0.1) is 0 Å². The Morgan fingerprint density at radius 3 is 2.33 bits per heavy atom. The average Bonchev–Trinajstić information content (AvgIpc) is 3.31. The van der Waals surface area contributed by atoms with E-state index in [0.29, 0.717) is 5.75 Å². The first-order valence-corrected chi connectivity index (χ1v) is 14.1. The largest absolute Gasteiger partial charge is 0.480 e. The third-order valence-corrected chi connectivity index (χ3v) is 7.48. The van der Waals surface area contributed by atoms with Crippen LogP contribution in [0.1, 0.15) is 27.2 Å². The van der Waals surface area contributed by atoms with Gasteiger partial charge in [0.2, 0.25) is 0 Å². The molecule has 1 amide bonds. The second-order valence-corrected chi connectivity index (χ2v) is 11.7. The molecular weight excluding hydrogens is 522 g/mol. The summed E-state index contributed by atoms with van der Waals surface area (Å²) in [6.07, 6.45) is -0.454. The molecule has 0 radical (unpaired) electrons. The first kappa shape index (κ1) is 27.3. The van der Waals surface area contributed by atoms with Crippen LogP contribution in [0.3, 0.4) is 0 Å². The molecule has 4 aromatic carbocycles. The molecule has 0 bridgehead atoms. The lowest BCUT2D eigenvalue weighted by atomic mass is 9.98. The van der Waals surface area contributed by atoms with Crippen LogP contribution in [0.15, 0.2) is 100 Å². The summed E-state index contributed by atoms with van der Waals surface area (Å²) in [5.41, 5.74) is 5.38. The molecule has 0 aliphatic carbocycles. The summed E-state index contributed by atoms with van der Waals surface area (Å²) in [6.45, 7) is 5.21. The Morgan fingerprint density at radius 1 is 0.875 bits per heavy atom. The minimum Gasteiger partial charge on any atom is -0.480 e. The number of nitrogens with one attached hydrogen (secondary N) is 1. The zero-order valence-electron chi connectivity index (χ0n) is 22.6. The van der Waals surface area contributed by atoms with Gasteiger partial charge >= 0.3 is 12.1 Å². The number of benzene rings is 4. The monoisotopic (exact) mass is 553 g/mol. The van der Waals surface area contributed by atoms with Crippen molar-refractivity contribution >= 4 is 45.8 Å². The van der Waals surface area contributed by atoms with Gasteiger partial charge in [0.25, 0.3) is 0 Å². The van der Waals surface area contributed by atoms with E-state index in [2.05, 4.69) is 66.0 Å². The predicted molar refractivity (Wildman–Crippen MR) is 161 cm³/mol. The minimum absolute atomic E-state index is 0.274. The van der Waals surface area contributed by atoms with Crippen molar-refractivity contribution in [2.24, 2.45) is 0 Å². The van der Waals surface area contributed by atoms with Gasteiger partial charge in [-0.15, -0.1) is 11.8 Å². The lowest BCUT2D eigenvalue weighted by Gasteiger charge is -2.21. The number of carbonyl (C=O) groups is 2. The lowest BCUT2D eigenvalue weighted by molar-refractivity contribution is -0.139. The topological polar surface area (TPSA) is 88.8 Å². The molecule has 5 rings (SSSR count).